The average molecular weight is 197 g/mol. The van der Waals surface area contributed by atoms with E-state index in [4.69, 9.17) is 15.4 Å². The molecule has 0 saturated heterocycles. The number of hydrogen-bond donors (Lipinski definition) is 3. The van der Waals surface area contributed by atoms with Crippen molar-refractivity contribution in [1.29, 1.82) is 0 Å². The van der Waals surface area contributed by atoms with Crippen molar-refractivity contribution in [3.63, 3.8) is 0 Å². The Morgan fingerprint density at radius 3 is 3.07 bits per heavy atom. The Morgan fingerprint density at radius 2 is 2.50 bits per heavy atom. The van der Waals surface area contributed by atoms with Gasteiger partial charge < -0.3 is 20.7 Å². The van der Waals surface area contributed by atoms with E-state index in [-0.39, 0.29) is 18.2 Å². The number of amidine groups is 1. The Labute approximate surface area is 80.4 Å². The number of carbonyl (C=O) groups excluding carboxylic acids is 1. The minimum atomic E-state index is -0.304. The molecule has 1 aromatic heterocycles. The minimum absolute atomic E-state index is 0.116. The summed E-state index contributed by atoms with van der Waals surface area (Å²) in [6.07, 6.45) is 2.93. The molecular formula is C8H11N3O3. The van der Waals surface area contributed by atoms with E-state index in [1.165, 1.54) is 12.5 Å². The summed E-state index contributed by atoms with van der Waals surface area (Å²) in [5, 5.41) is 13.5. The lowest BCUT2D eigenvalue weighted by Gasteiger charge is -2.01. The lowest BCUT2D eigenvalue weighted by atomic mass is 10.3. The minimum Gasteiger partial charge on any atom is -0.472 e. The van der Waals surface area contributed by atoms with Gasteiger partial charge in [0.2, 0.25) is 5.91 Å². The van der Waals surface area contributed by atoms with Gasteiger partial charge in [-0.15, -0.1) is 0 Å². The fourth-order valence-electron chi connectivity index (χ4n) is 0.856. The fourth-order valence-corrected chi connectivity index (χ4v) is 0.856. The molecule has 14 heavy (non-hydrogen) atoms. The van der Waals surface area contributed by atoms with Crippen molar-refractivity contribution in [2.75, 3.05) is 0 Å². The third kappa shape index (κ3) is 3.18. The predicted octanol–water partition coefficient (Wildman–Crippen LogP) is 0.0323. The van der Waals surface area contributed by atoms with Crippen molar-refractivity contribution < 1.29 is 14.4 Å². The summed E-state index contributed by atoms with van der Waals surface area (Å²) in [7, 11) is 0. The second-order valence-electron chi connectivity index (χ2n) is 2.68. The summed E-state index contributed by atoms with van der Waals surface area (Å²) < 4.78 is 4.81. The molecular weight excluding hydrogens is 186 g/mol. The van der Waals surface area contributed by atoms with E-state index >= 15 is 0 Å². The third-order valence-electron chi connectivity index (χ3n) is 1.54. The molecule has 0 unspecified atom stereocenters. The highest BCUT2D eigenvalue weighted by atomic mass is 16.4. The zero-order valence-corrected chi connectivity index (χ0v) is 7.43. The smallest absolute Gasteiger partial charge is 0.227 e. The van der Waals surface area contributed by atoms with E-state index in [9.17, 15) is 4.79 Å². The van der Waals surface area contributed by atoms with Crippen LogP contribution in [0.4, 0.5) is 0 Å². The molecule has 0 fully saturated rings. The number of carbonyl (C=O) groups is 1. The van der Waals surface area contributed by atoms with Gasteiger partial charge in [-0.2, -0.15) is 0 Å². The summed E-state index contributed by atoms with van der Waals surface area (Å²) in [5.41, 5.74) is 6.00. The first-order valence-electron chi connectivity index (χ1n) is 3.96. The maximum atomic E-state index is 11.1. The van der Waals surface area contributed by atoms with Gasteiger partial charge >= 0.3 is 0 Å². The molecule has 6 heteroatoms. The lowest BCUT2D eigenvalue weighted by Crippen LogP contribution is -2.28. The zero-order chi connectivity index (χ0) is 10.4. The van der Waals surface area contributed by atoms with Gasteiger partial charge in [-0.3, -0.25) is 4.79 Å². The maximum absolute atomic E-state index is 11.1. The lowest BCUT2D eigenvalue weighted by molar-refractivity contribution is -0.120. The Morgan fingerprint density at radius 1 is 1.71 bits per heavy atom. The Bertz CT molecular complexity index is 319. The van der Waals surface area contributed by atoms with Crippen LogP contribution in [0, 0.1) is 0 Å². The zero-order valence-electron chi connectivity index (χ0n) is 7.43. The first-order chi connectivity index (χ1) is 6.72. The molecule has 6 nitrogen and oxygen atoms in total. The van der Waals surface area contributed by atoms with Gasteiger partial charge in [-0.25, -0.2) is 0 Å². The van der Waals surface area contributed by atoms with Gasteiger partial charge in [0, 0.05) is 12.1 Å². The van der Waals surface area contributed by atoms with Crippen LogP contribution in [-0.4, -0.2) is 17.0 Å². The fraction of sp³-hybridized carbons (Fsp3) is 0.250. The van der Waals surface area contributed by atoms with Gasteiger partial charge in [0.05, 0.1) is 18.9 Å². The normalized spacial score (nSPS) is 11.3. The molecule has 0 saturated carbocycles. The van der Waals surface area contributed by atoms with Crippen LogP contribution in [0.15, 0.2) is 28.2 Å². The molecule has 76 valence electrons. The first-order valence-corrected chi connectivity index (χ1v) is 3.96. The van der Waals surface area contributed by atoms with Crippen LogP contribution in [-0.2, 0) is 11.3 Å². The number of nitrogens with two attached hydrogens (primary N) is 1. The van der Waals surface area contributed by atoms with Crippen LogP contribution in [0.25, 0.3) is 0 Å². The topological polar surface area (TPSA) is 101 Å². The molecule has 0 aliphatic carbocycles. The Balaban J connectivity index is 2.29. The van der Waals surface area contributed by atoms with Crippen molar-refractivity contribution in [2.24, 2.45) is 10.9 Å². The highest BCUT2D eigenvalue weighted by Gasteiger charge is 2.04. The van der Waals surface area contributed by atoms with Crippen LogP contribution in [0.1, 0.15) is 12.0 Å². The molecule has 1 aromatic rings. The molecule has 0 spiro atoms. The van der Waals surface area contributed by atoms with E-state index in [0.717, 1.165) is 5.56 Å². The highest BCUT2D eigenvalue weighted by Crippen LogP contribution is 1.98. The molecule has 1 rings (SSSR count). The van der Waals surface area contributed by atoms with E-state index < -0.39 is 0 Å². The highest BCUT2D eigenvalue weighted by molar-refractivity contribution is 5.98. The number of oxime groups is 1. The summed E-state index contributed by atoms with van der Waals surface area (Å²) in [4.78, 5) is 11.1. The van der Waals surface area contributed by atoms with E-state index in [1.807, 2.05) is 0 Å². The number of rotatable bonds is 4. The predicted molar refractivity (Wildman–Crippen MR) is 48.6 cm³/mol. The van der Waals surface area contributed by atoms with Crippen LogP contribution < -0.4 is 11.1 Å². The van der Waals surface area contributed by atoms with Crippen LogP contribution in [0.5, 0.6) is 0 Å². The SMILES string of the molecule is N/C(CC(=O)NCc1ccoc1)=N/O. The summed E-state index contributed by atoms with van der Waals surface area (Å²) in [5.74, 6) is -0.420. The molecule has 0 aliphatic rings. The van der Waals surface area contributed by atoms with Crippen molar-refractivity contribution >= 4 is 11.7 Å². The number of amides is 1. The molecule has 1 amide bonds. The van der Waals surface area contributed by atoms with Crippen LogP contribution in [0.2, 0.25) is 0 Å². The van der Waals surface area contributed by atoms with Gasteiger partial charge in [0.1, 0.15) is 5.84 Å². The van der Waals surface area contributed by atoms with Crippen LogP contribution in [0.3, 0.4) is 0 Å². The monoisotopic (exact) mass is 197 g/mol. The molecule has 0 atom stereocenters. The quantitative estimate of drug-likeness (QED) is 0.274. The summed E-state index contributed by atoms with van der Waals surface area (Å²) in [6, 6.07) is 1.74. The second kappa shape index (κ2) is 4.90. The molecule has 1 heterocycles. The summed E-state index contributed by atoms with van der Waals surface area (Å²) >= 11 is 0. The Kier molecular flexibility index (Phi) is 3.54. The molecule has 0 aromatic carbocycles. The number of nitrogens with one attached hydrogen (secondary N) is 1. The number of furan rings is 1. The number of hydrogen-bond acceptors (Lipinski definition) is 4. The van der Waals surface area contributed by atoms with Crippen molar-refractivity contribution in [3.8, 4) is 0 Å². The maximum Gasteiger partial charge on any atom is 0.227 e. The van der Waals surface area contributed by atoms with Gasteiger partial charge in [-0.05, 0) is 6.07 Å². The van der Waals surface area contributed by atoms with Crippen molar-refractivity contribution in [3.05, 3.63) is 24.2 Å². The molecule has 0 radical (unpaired) electrons. The second-order valence-corrected chi connectivity index (χ2v) is 2.68. The Hall–Kier alpha value is -1.98. The largest absolute Gasteiger partial charge is 0.472 e. The van der Waals surface area contributed by atoms with Crippen molar-refractivity contribution in [2.45, 2.75) is 13.0 Å². The van der Waals surface area contributed by atoms with E-state index in [1.54, 1.807) is 6.07 Å². The molecule has 0 bridgehead atoms. The summed E-state index contributed by atoms with van der Waals surface area (Å²) in [6.45, 7) is 0.369. The molecule has 0 aliphatic heterocycles. The van der Waals surface area contributed by atoms with Gasteiger partial charge in [-0.1, -0.05) is 5.16 Å². The third-order valence-corrected chi connectivity index (χ3v) is 1.54. The van der Waals surface area contributed by atoms with E-state index in [2.05, 4.69) is 10.5 Å². The van der Waals surface area contributed by atoms with Gasteiger partial charge in [0.25, 0.3) is 0 Å². The molecule has 4 N–H and O–H groups in total. The van der Waals surface area contributed by atoms with Crippen molar-refractivity contribution in [1.82, 2.24) is 5.32 Å². The number of nitrogens with zero attached hydrogens (tertiary/aromatic N) is 1. The van der Waals surface area contributed by atoms with Crippen LogP contribution >= 0.6 is 0 Å². The first kappa shape index (κ1) is 10.1. The average Bonchev–Trinajstić information content (AvgIpc) is 2.67. The van der Waals surface area contributed by atoms with Gasteiger partial charge in [0.15, 0.2) is 0 Å². The standard InChI is InChI=1S/C8H11N3O3/c9-7(11-13)3-8(12)10-4-6-1-2-14-5-6/h1-2,5,13H,3-4H2,(H2,9,11)(H,10,12). The van der Waals surface area contributed by atoms with E-state index in [0.29, 0.717) is 6.54 Å².